The summed E-state index contributed by atoms with van der Waals surface area (Å²) < 4.78 is 0. The molecule has 200 valence electrons. The maximum Gasteiger partial charge on any atom is 0.131 e. The van der Waals surface area contributed by atoms with E-state index in [0.717, 1.165) is 30.5 Å². The van der Waals surface area contributed by atoms with Gasteiger partial charge in [0.1, 0.15) is 17.6 Å². The summed E-state index contributed by atoms with van der Waals surface area (Å²) in [4.78, 5) is 6.26. The molecule has 0 saturated carbocycles. The topological polar surface area (TPSA) is 51.4 Å². The Balaban J connectivity index is 0.00000631. The van der Waals surface area contributed by atoms with Crippen LogP contribution in [0.1, 0.15) is 88.0 Å². The van der Waals surface area contributed by atoms with Crippen molar-refractivity contribution in [2.75, 3.05) is 6.54 Å². The van der Waals surface area contributed by atoms with Crippen LogP contribution in [0.25, 0.3) is 0 Å². The number of aliphatic imine (C=N–C) groups is 1. The van der Waals surface area contributed by atoms with E-state index in [9.17, 15) is 5.26 Å². The van der Waals surface area contributed by atoms with Crippen molar-refractivity contribution in [2.24, 2.45) is 10.4 Å². The molecule has 1 rings (SSSR count). The standard InChI is InChI=1S/C31H42N4.C2H6/c1-12-23(5)28(24(6)20-31(9,10)11)17-15-14-16-18-33-25(7)29-19-30(22(3)4)35(26(8)34-29)27(13-2)21-32;1-2/h13,19,33H,3,6-8,12,16-18,20H2,1-2,4-5,9-11H3;1-2H3/b27-13-,28-23+;. The Kier molecular flexibility index (Phi) is 14.7. The van der Waals surface area contributed by atoms with Crippen molar-refractivity contribution in [3.8, 4) is 17.9 Å². The molecule has 1 aliphatic rings. The Labute approximate surface area is 227 Å². The Morgan fingerprint density at radius 3 is 2.27 bits per heavy atom. The number of allylic oxidation sites excluding steroid dienone is 7. The Morgan fingerprint density at radius 2 is 1.78 bits per heavy atom. The van der Waals surface area contributed by atoms with Crippen LogP contribution in [-0.2, 0) is 0 Å². The Morgan fingerprint density at radius 1 is 1.16 bits per heavy atom. The van der Waals surface area contributed by atoms with Gasteiger partial charge in [-0.25, -0.2) is 4.99 Å². The van der Waals surface area contributed by atoms with Crippen molar-refractivity contribution < 1.29 is 0 Å². The first-order valence-corrected chi connectivity index (χ1v) is 13.1. The van der Waals surface area contributed by atoms with Gasteiger partial charge in [-0.1, -0.05) is 91.0 Å². The summed E-state index contributed by atoms with van der Waals surface area (Å²) in [6, 6.07) is 2.18. The van der Waals surface area contributed by atoms with Crippen LogP contribution in [0, 0.1) is 28.6 Å². The Hall–Kier alpha value is -3.50. The number of nitrogens with one attached hydrogen (secondary N) is 1. The molecular formula is C33H48N4. The highest BCUT2D eigenvalue weighted by molar-refractivity contribution is 6.09. The van der Waals surface area contributed by atoms with Crippen LogP contribution in [0.5, 0.6) is 0 Å². The van der Waals surface area contributed by atoms with Gasteiger partial charge in [0.15, 0.2) is 0 Å². The molecule has 0 bridgehead atoms. The third kappa shape index (κ3) is 11.0. The van der Waals surface area contributed by atoms with Gasteiger partial charge in [0, 0.05) is 19.4 Å². The van der Waals surface area contributed by atoms with Gasteiger partial charge in [0.2, 0.25) is 0 Å². The molecule has 0 atom stereocenters. The number of hydrogen-bond donors (Lipinski definition) is 1. The van der Waals surface area contributed by atoms with Gasteiger partial charge in [-0.05, 0) is 56.3 Å². The van der Waals surface area contributed by atoms with E-state index in [1.54, 1.807) is 11.0 Å². The second-order valence-electron chi connectivity index (χ2n) is 9.98. The lowest BCUT2D eigenvalue weighted by Crippen LogP contribution is -2.28. The third-order valence-electron chi connectivity index (χ3n) is 5.59. The second-order valence-corrected chi connectivity index (χ2v) is 9.98. The summed E-state index contributed by atoms with van der Waals surface area (Å²) in [5.41, 5.74) is 7.46. The van der Waals surface area contributed by atoms with Crippen LogP contribution in [0.3, 0.4) is 0 Å². The van der Waals surface area contributed by atoms with Crippen molar-refractivity contribution in [3.63, 3.8) is 0 Å². The first-order chi connectivity index (χ1) is 17.4. The molecule has 0 unspecified atom stereocenters. The first kappa shape index (κ1) is 33.5. The van der Waals surface area contributed by atoms with Crippen molar-refractivity contribution >= 4 is 5.71 Å². The number of hydrogen-bond acceptors (Lipinski definition) is 4. The lowest BCUT2D eigenvalue weighted by Gasteiger charge is -2.30. The van der Waals surface area contributed by atoms with E-state index < -0.39 is 0 Å². The zero-order chi connectivity index (χ0) is 28.8. The molecule has 0 aromatic carbocycles. The molecule has 4 heteroatoms. The summed E-state index contributed by atoms with van der Waals surface area (Å²) in [5, 5.41) is 12.8. The lowest BCUT2D eigenvalue weighted by atomic mass is 9.83. The smallest absolute Gasteiger partial charge is 0.131 e. The van der Waals surface area contributed by atoms with Gasteiger partial charge < -0.3 is 5.32 Å². The summed E-state index contributed by atoms with van der Waals surface area (Å²) in [6.07, 6.45) is 7.01. The monoisotopic (exact) mass is 500 g/mol. The van der Waals surface area contributed by atoms with E-state index in [4.69, 9.17) is 0 Å². The zero-order valence-electron chi connectivity index (χ0n) is 24.9. The van der Waals surface area contributed by atoms with Crippen LogP contribution >= 0.6 is 0 Å². The van der Waals surface area contributed by atoms with Gasteiger partial charge in [-0.2, -0.15) is 5.26 Å². The summed E-state index contributed by atoms with van der Waals surface area (Å²) in [7, 11) is 0. The predicted molar refractivity (Wildman–Crippen MR) is 162 cm³/mol. The van der Waals surface area contributed by atoms with Crippen molar-refractivity contribution in [1.29, 1.82) is 5.26 Å². The average molecular weight is 501 g/mol. The minimum atomic E-state index is 0.208. The molecule has 0 fully saturated rings. The minimum absolute atomic E-state index is 0.208. The molecule has 1 heterocycles. The Bertz CT molecular complexity index is 1100. The molecular weight excluding hydrogens is 452 g/mol. The fourth-order valence-corrected chi connectivity index (χ4v) is 3.68. The minimum Gasteiger partial charge on any atom is -0.383 e. The molecule has 1 N–H and O–H groups in total. The molecule has 0 aromatic rings. The molecule has 4 nitrogen and oxygen atoms in total. The van der Waals surface area contributed by atoms with Gasteiger partial charge in [0.25, 0.3) is 0 Å². The molecule has 0 saturated heterocycles. The first-order valence-electron chi connectivity index (χ1n) is 13.1. The van der Waals surface area contributed by atoms with Crippen molar-refractivity contribution in [1.82, 2.24) is 10.2 Å². The van der Waals surface area contributed by atoms with Gasteiger partial charge in [0.05, 0.1) is 17.1 Å². The van der Waals surface area contributed by atoms with Crippen LogP contribution in [0.4, 0.5) is 0 Å². The van der Waals surface area contributed by atoms with Crippen molar-refractivity contribution in [3.05, 3.63) is 83.7 Å². The van der Waals surface area contributed by atoms with E-state index in [2.05, 4.69) is 89.2 Å². The van der Waals surface area contributed by atoms with Crippen LogP contribution in [0.15, 0.2) is 88.7 Å². The molecule has 1 aliphatic heterocycles. The van der Waals surface area contributed by atoms with E-state index in [0.29, 0.717) is 35.9 Å². The number of nitrogens with zero attached hydrogens (tertiary/aromatic N) is 3. The maximum absolute atomic E-state index is 9.46. The molecule has 0 aliphatic carbocycles. The highest BCUT2D eigenvalue weighted by atomic mass is 15.2. The molecule has 0 spiro atoms. The van der Waals surface area contributed by atoms with Gasteiger partial charge in [-0.15, -0.1) is 5.92 Å². The molecule has 37 heavy (non-hydrogen) atoms. The van der Waals surface area contributed by atoms with Gasteiger partial charge >= 0.3 is 0 Å². The summed E-state index contributed by atoms with van der Waals surface area (Å²) in [5.74, 6) is 7.06. The quantitative estimate of drug-likeness (QED) is 0.141. The van der Waals surface area contributed by atoms with E-state index >= 15 is 0 Å². The van der Waals surface area contributed by atoms with Crippen LogP contribution in [0.2, 0.25) is 0 Å². The van der Waals surface area contributed by atoms with Crippen LogP contribution in [-0.4, -0.2) is 17.2 Å². The maximum atomic E-state index is 9.46. The highest BCUT2D eigenvalue weighted by Gasteiger charge is 2.23. The van der Waals surface area contributed by atoms with Gasteiger partial charge in [-0.3, -0.25) is 4.90 Å². The lowest BCUT2D eigenvalue weighted by molar-refractivity contribution is 0.411. The van der Waals surface area contributed by atoms with E-state index in [1.165, 1.54) is 16.7 Å². The molecule has 0 amide bonds. The van der Waals surface area contributed by atoms with Crippen LogP contribution < -0.4 is 5.32 Å². The molecule has 0 radical (unpaired) electrons. The number of rotatable bonds is 10. The average Bonchev–Trinajstić information content (AvgIpc) is 2.84. The second kappa shape index (κ2) is 16.3. The zero-order valence-corrected chi connectivity index (χ0v) is 24.9. The van der Waals surface area contributed by atoms with E-state index in [1.807, 2.05) is 33.8 Å². The SMILES string of the molecule is C=C(C)C1=CC(C(=C)NCCC#CC/C(C(=C)CC(C)(C)C)=C(/C)CC)=NC(=C)N1/C(C#N)=C\C.CC. The van der Waals surface area contributed by atoms with Crippen molar-refractivity contribution in [2.45, 2.75) is 88.0 Å². The predicted octanol–water partition coefficient (Wildman–Crippen LogP) is 8.73. The molecule has 0 aromatic heterocycles. The fraction of sp³-hybridized carbons (Fsp3) is 0.455. The summed E-state index contributed by atoms with van der Waals surface area (Å²) in [6.45, 7) is 36.0. The van der Waals surface area contributed by atoms with E-state index in [-0.39, 0.29) is 5.41 Å². The summed E-state index contributed by atoms with van der Waals surface area (Å²) >= 11 is 0. The fourth-order valence-electron chi connectivity index (χ4n) is 3.68. The highest BCUT2D eigenvalue weighted by Crippen LogP contribution is 2.31. The number of nitriles is 1. The largest absolute Gasteiger partial charge is 0.383 e. The normalized spacial score (nSPS) is 14.0. The third-order valence-corrected chi connectivity index (χ3v) is 5.59.